The molecule has 1 aliphatic carbocycles. The minimum absolute atomic E-state index is 0.0898. The fourth-order valence-electron chi connectivity index (χ4n) is 4.78. The van der Waals surface area contributed by atoms with E-state index in [0.717, 1.165) is 49.2 Å². The molecule has 0 aromatic carbocycles. The van der Waals surface area contributed by atoms with Crippen LogP contribution in [0.3, 0.4) is 0 Å². The lowest BCUT2D eigenvalue weighted by atomic mass is 10.0. The lowest BCUT2D eigenvalue weighted by molar-refractivity contribution is 0.352. The van der Waals surface area contributed by atoms with Crippen LogP contribution in [0.4, 0.5) is 30.6 Å². The molecule has 1 saturated carbocycles. The Morgan fingerprint density at radius 2 is 1.92 bits per heavy atom. The summed E-state index contributed by atoms with van der Waals surface area (Å²) in [6.45, 7) is 6.71. The topological polar surface area (TPSA) is 91.8 Å². The van der Waals surface area contributed by atoms with Crippen LogP contribution in [0.1, 0.15) is 38.2 Å². The maximum atomic E-state index is 14.2. The van der Waals surface area contributed by atoms with E-state index in [0.29, 0.717) is 23.4 Å². The molecule has 6 rings (SSSR count). The van der Waals surface area contributed by atoms with Gasteiger partial charge in [-0.05, 0) is 50.3 Å². The normalized spacial score (nSPS) is 17.3. The molecule has 11 heteroatoms. The van der Waals surface area contributed by atoms with Gasteiger partial charge in [-0.1, -0.05) is 0 Å². The molecule has 8 nitrogen and oxygen atoms in total. The summed E-state index contributed by atoms with van der Waals surface area (Å²) in [6.07, 6.45) is 7.41. The van der Waals surface area contributed by atoms with E-state index in [1.165, 1.54) is 11.8 Å². The molecule has 4 aromatic rings. The summed E-state index contributed by atoms with van der Waals surface area (Å²) >= 11 is 0. The molecule has 0 bridgehead atoms. The van der Waals surface area contributed by atoms with Crippen LogP contribution in [0.5, 0.6) is 0 Å². The Hall–Kier alpha value is -3.86. The second-order valence-corrected chi connectivity index (χ2v) is 10.1. The Kier molecular flexibility index (Phi) is 5.67. The molecule has 4 aromatic heterocycles. The molecule has 5 heterocycles. The van der Waals surface area contributed by atoms with Crippen molar-refractivity contribution in [2.45, 2.75) is 38.1 Å². The van der Waals surface area contributed by atoms with Crippen LogP contribution in [-0.2, 0) is 0 Å². The predicted octanol–water partition coefficient (Wildman–Crippen LogP) is 4.71. The number of pyridine rings is 3. The van der Waals surface area contributed by atoms with Gasteiger partial charge in [0.1, 0.15) is 11.6 Å². The quantitative estimate of drug-likeness (QED) is 0.376. The van der Waals surface area contributed by atoms with Crippen molar-refractivity contribution in [3.63, 3.8) is 0 Å². The Balaban J connectivity index is 1.44. The summed E-state index contributed by atoms with van der Waals surface area (Å²) < 4.78 is 41.4. The minimum atomic E-state index is -1.34. The highest BCUT2D eigenvalue weighted by atomic mass is 19.2. The van der Waals surface area contributed by atoms with Crippen LogP contribution < -0.4 is 15.5 Å². The maximum Gasteiger partial charge on any atom is 0.217 e. The number of fused-ring (bicyclic) bond motifs is 1. The average Bonchev–Trinajstić information content (AvgIpc) is 3.71. The van der Waals surface area contributed by atoms with Gasteiger partial charge in [0.25, 0.3) is 0 Å². The number of hydrogen-bond acceptors (Lipinski definition) is 8. The van der Waals surface area contributed by atoms with Gasteiger partial charge in [-0.2, -0.15) is 13.8 Å². The van der Waals surface area contributed by atoms with Gasteiger partial charge in [0.05, 0.1) is 11.7 Å². The summed E-state index contributed by atoms with van der Waals surface area (Å²) in [6, 6.07) is 3.71. The summed E-state index contributed by atoms with van der Waals surface area (Å²) in [7, 11) is 0. The van der Waals surface area contributed by atoms with Crippen molar-refractivity contribution in [3.05, 3.63) is 59.9 Å². The highest BCUT2D eigenvalue weighted by Crippen LogP contribution is 2.45. The monoisotopic (exact) mass is 506 g/mol. The lowest BCUT2D eigenvalue weighted by Gasteiger charge is -2.40. The molecule has 2 N–H and O–H groups in total. The number of aromatic nitrogens is 5. The van der Waals surface area contributed by atoms with Crippen molar-refractivity contribution in [1.29, 1.82) is 0 Å². The molecule has 0 unspecified atom stereocenters. The van der Waals surface area contributed by atoms with Gasteiger partial charge in [0.15, 0.2) is 17.5 Å². The van der Waals surface area contributed by atoms with Gasteiger partial charge in [-0.3, -0.25) is 4.98 Å². The van der Waals surface area contributed by atoms with Crippen LogP contribution in [0.15, 0.2) is 36.8 Å². The molecule has 1 saturated heterocycles. The van der Waals surface area contributed by atoms with E-state index in [2.05, 4.69) is 44.3 Å². The molecule has 0 spiro atoms. The molecule has 0 amide bonds. The van der Waals surface area contributed by atoms with Crippen molar-refractivity contribution in [1.82, 2.24) is 30.2 Å². The smallest absolute Gasteiger partial charge is 0.217 e. The highest BCUT2D eigenvalue weighted by Gasteiger charge is 2.32. The summed E-state index contributed by atoms with van der Waals surface area (Å²) in [5.41, 5.74) is 2.42. The van der Waals surface area contributed by atoms with Crippen molar-refractivity contribution < 1.29 is 13.2 Å². The molecule has 2 aliphatic rings. The first-order valence-electron chi connectivity index (χ1n) is 12.2. The first-order valence-corrected chi connectivity index (χ1v) is 12.2. The van der Waals surface area contributed by atoms with E-state index in [1.54, 1.807) is 18.3 Å². The molecule has 0 radical (unpaired) electrons. The van der Waals surface area contributed by atoms with Gasteiger partial charge in [0, 0.05) is 54.6 Å². The van der Waals surface area contributed by atoms with E-state index < -0.39 is 23.4 Å². The third kappa shape index (κ3) is 4.66. The number of rotatable bonds is 5. The number of hydrogen-bond donors (Lipinski definition) is 2. The number of nitrogens with zero attached hydrogens (tertiary/aromatic N) is 6. The number of nitrogens with one attached hydrogen (secondary N) is 2. The van der Waals surface area contributed by atoms with Gasteiger partial charge in [-0.25, -0.2) is 19.3 Å². The third-order valence-electron chi connectivity index (χ3n) is 6.65. The van der Waals surface area contributed by atoms with Crippen LogP contribution >= 0.6 is 0 Å². The van der Waals surface area contributed by atoms with Crippen molar-refractivity contribution >= 4 is 28.4 Å². The van der Waals surface area contributed by atoms with Gasteiger partial charge in [0.2, 0.25) is 11.8 Å². The Labute approximate surface area is 211 Å². The Morgan fingerprint density at radius 3 is 2.70 bits per heavy atom. The number of anilines is 3. The zero-order valence-electron chi connectivity index (χ0n) is 20.4. The summed E-state index contributed by atoms with van der Waals surface area (Å²) in [5.74, 6) is -2.47. The molecular formula is C26H25F3N8. The van der Waals surface area contributed by atoms with E-state index >= 15 is 0 Å². The zero-order valence-corrected chi connectivity index (χ0v) is 20.4. The van der Waals surface area contributed by atoms with E-state index in [-0.39, 0.29) is 11.4 Å². The molecular weight excluding hydrogens is 481 g/mol. The summed E-state index contributed by atoms with van der Waals surface area (Å²) in [4.78, 5) is 24.1. The summed E-state index contributed by atoms with van der Waals surface area (Å²) in [5, 5.41) is 7.12. The van der Waals surface area contributed by atoms with Crippen LogP contribution in [-0.4, -0.2) is 50.1 Å². The van der Waals surface area contributed by atoms with Crippen LogP contribution in [0.2, 0.25) is 0 Å². The largest absolute Gasteiger partial charge is 0.353 e. The minimum Gasteiger partial charge on any atom is -0.353 e. The van der Waals surface area contributed by atoms with Gasteiger partial charge >= 0.3 is 0 Å². The van der Waals surface area contributed by atoms with Crippen LogP contribution in [0, 0.1) is 17.6 Å². The number of piperazine rings is 1. The SMILES string of the molecule is CC1(C)CN(c2nc(-c3ccnc(Nc4nc(F)cc(F)c4F)c3)nc3cncc(C4CC4)c23)CCN1. The van der Waals surface area contributed by atoms with Crippen molar-refractivity contribution in [3.8, 4) is 11.4 Å². The van der Waals surface area contributed by atoms with Gasteiger partial charge < -0.3 is 15.5 Å². The van der Waals surface area contributed by atoms with Crippen LogP contribution in [0.25, 0.3) is 22.3 Å². The fraction of sp³-hybridized carbons (Fsp3) is 0.346. The van der Waals surface area contributed by atoms with Gasteiger partial charge in [-0.15, -0.1) is 0 Å². The Bertz CT molecular complexity index is 1510. The first-order chi connectivity index (χ1) is 17.8. The lowest BCUT2D eigenvalue weighted by Crippen LogP contribution is -2.57. The molecule has 37 heavy (non-hydrogen) atoms. The third-order valence-corrected chi connectivity index (χ3v) is 6.65. The van der Waals surface area contributed by atoms with Crippen molar-refractivity contribution in [2.75, 3.05) is 29.9 Å². The molecule has 0 atom stereocenters. The molecule has 190 valence electrons. The zero-order chi connectivity index (χ0) is 25.7. The van der Waals surface area contributed by atoms with E-state index in [1.807, 2.05) is 6.20 Å². The standard InChI is InChI=1S/C26H25F3N8/c1-26(2)13-37(8-7-32-26)25-21-16(14-3-4-14)11-30-12-18(21)33-23(36-25)15-5-6-31-20(9-15)35-24-22(29)17(27)10-19(28)34-24/h5-6,9-12,14,32H,3-4,7-8,13H2,1-2H3,(H,31,34,35). The fourth-order valence-corrected chi connectivity index (χ4v) is 4.78. The maximum absolute atomic E-state index is 14.2. The second kappa shape index (κ2) is 8.91. The highest BCUT2D eigenvalue weighted by molar-refractivity contribution is 5.94. The predicted molar refractivity (Wildman–Crippen MR) is 134 cm³/mol. The van der Waals surface area contributed by atoms with E-state index in [4.69, 9.17) is 9.97 Å². The molecule has 2 fully saturated rings. The molecule has 1 aliphatic heterocycles. The van der Waals surface area contributed by atoms with Crippen molar-refractivity contribution in [2.24, 2.45) is 0 Å². The second-order valence-electron chi connectivity index (χ2n) is 10.1. The van der Waals surface area contributed by atoms with E-state index in [9.17, 15) is 13.2 Å². The Morgan fingerprint density at radius 1 is 1.08 bits per heavy atom. The number of halogens is 3. The average molecular weight is 507 g/mol. The first kappa shape index (κ1) is 23.5.